The molecule has 0 aromatic heterocycles. The number of nitrogens with zero attached hydrogens (tertiary/aromatic N) is 1. The number of carbonyl (C=O) groups excluding carboxylic acids is 2. The van der Waals surface area contributed by atoms with Gasteiger partial charge in [-0.25, -0.2) is 0 Å². The van der Waals surface area contributed by atoms with Gasteiger partial charge in [0.05, 0.1) is 25.3 Å². The van der Waals surface area contributed by atoms with Crippen LogP contribution in [0.4, 0.5) is 5.69 Å². The van der Waals surface area contributed by atoms with Gasteiger partial charge in [0.2, 0.25) is 0 Å². The summed E-state index contributed by atoms with van der Waals surface area (Å²) in [5, 5.41) is 11.2. The molecule has 174 valence electrons. The predicted molar refractivity (Wildman–Crippen MR) is 131 cm³/mol. The van der Waals surface area contributed by atoms with Gasteiger partial charge in [-0.1, -0.05) is 31.2 Å². The van der Waals surface area contributed by atoms with Gasteiger partial charge in [0, 0.05) is 11.3 Å². The second-order valence-corrected chi connectivity index (χ2v) is 7.92. The Labute approximate surface area is 199 Å². The number of benzene rings is 3. The standard InChI is InChI=1S/C28H27NO5/c1-4-18-6-12-21(13-7-18)29-25(19-8-14-22(33-3)15-9-19)24(27(31)28(29)32)26(30)20-10-16-23(17-11-20)34-5-2/h6-17,25,30H,4-5H2,1-3H3/b26-24+. The third kappa shape index (κ3) is 4.27. The number of ketones is 1. The number of Topliss-reactive ketones (excluding diaryl/α,β-unsaturated/α-hetero) is 1. The third-order valence-electron chi connectivity index (χ3n) is 5.94. The lowest BCUT2D eigenvalue weighted by Crippen LogP contribution is -2.29. The molecule has 1 N–H and O–H groups in total. The first-order valence-corrected chi connectivity index (χ1v) is 11.3. The molecule has 0 aliphatic carbocycles. The maximum atomic E-state index is 13.2. The normalized spacial score (nSPS) is 17.1. The monoisotopic (exact) mass is 457 g/mol. The Kier molecular flexibility index (Phi) is 6.68. The molecular formula is C28H27NO5. The zero-order chi connectivity index (χ0) is 24.2. The van der Waals surface area contributed by atoms with Crippen LogP contribution in [0.2, 0.25) is 0 Å². The van der Waals surface area contributed by atoms with E-state index in [1.165, 1.54) is 4.90 Å². The summed E-state index contributed by atoms with van der Waals surface area (Å²) in [4.78, 5) is 27.9. The minimum atomic E-state index is -0.787. The quantitative estimate of drug-likeness (QED) is 0.297. The van der Waals surface area contributed by atoms with Crippen LogP contribution < -0.4 is 14.4 Å². The molecule has 1 aliphatic heterocycles. The fourth-order valence-electron chi connectivity index (χ4n) is 4.12. The van der Waals surface area contributed by atoms with Crippen LogP contribution in [-0.4, -0.2) is 30.5 Å². The van der Waals surface area contributed by atoms with Crippen molar-refractivity contribution in [1.82, 2.24) is 0 Å². The highest BCUT2D eigenvalue weighted by atomic mass is 16.5. The van der Waals surface area contributed by atoms with Gasteiger partial charge in [0.1, 0.15) is 17.3 Å². The van der Waals surface area contributed by atoms with Crippen LogP contribution in [0.5, 0.6) is 11.5 Å². The molecule has 1 heterocycles. The van der Waals surface area contributed by atoms with E-state index in [1.807, 2.05) is 31.2 Å². The molecule has 1 amide bonds. The number of anilines is 1. The van der Waals surface area contributed by atoms with Crippen molar-refractivity contribution in [2.24, 2.45) is 0 Å². The molecule has 1 fully saturated rings. The van der Waals surface area contributed by atoms with E-state index in [1.54, 1.807) is 55.6 Å². The van der Waals surface area contributed by atoms with Crippen LogP contribution in [0, 0.1) is 0 Å². The van der Waals surface area contributed by atoms with Gasteiger partial charge < -0.3 is 14.6 Å². The summed E-state index contributed by atoms with van der Waals surface area (Å²) in [7, 11) is 1.57. The molecule has 0 radical (unpaired) electrons. The number of hydrogen-bond donors (Lipinski definition) is 1. The number of rotatable bonds is 7. The fourth-order valence-corrected chi connectivity index (χ4v) is 4.12. The van der Waals surface area contributed by atoms with Gasteiger partial charge in [-0.3, -0.25) is 14.5 Å². The molecule has 3 aromatic rings. The Morgan fingerprint density at radius 1 is 0.882 bits per heavy atom. The van der Waals surface area contributed by atoms with Gasteiger partial charge in [0.15, 0.2) is 0 Å². The Morgan fingerprint density at radius 3 is 2.06 bits per heavy atom. The molecular weight excluding hydrogens is 430 g/mol. The summed E-state index contributed by atoms with van der Waals surface area (Å²) in [5.74, 6) is -0.332. The smallest absolute Gasteiger partial charge is 0.300 e. The number of hydrogen-bond acceptors (Lipinski definition) is 5. The van der Waals surface area contributed by atoms with Gasteiger partial charge in [0.25, 0.3) is 11.7 Å². The van der Waals surface area contributed by atoms with Crippen molar-refractivity contribution in [3.63, 3.8) is 0 Å². The molecule has 1 saturated heterocycles. The first-order chi connectivity index (χ1) is 16.5. The van der Waals surface area contributed by atoms with E-state index in [-0.39, 0.29) is 11.3 Å². The Hall–Kier alpha value is -4.06. The van der Waals surface area contributed by atoms with Gasteiger partial charge in [-0.05, 0) is 73.0 Å². The second-order valence-electron chi connectivity index (χ2n) is 7.92. The molecule has 1 unspecified atom stereocenters. The molecule has 34 heavy (non-hydrogen) atoms. The number of ether oxygens (including phenoxy) is 2. The van der Waals surface area contributed by atoms with Gasteiger partial charge in [-0.2, -0.15) is 0 Å². The van der Waals surface area contributed by atoms with E-state index in [2.05, 4.69) is 6.92 Å². The van der Waals surface area contributed by atoms with Crippen molar-refractivity contribution in [2.75, 3.05) is 18.6 Å². The van der Waals surface area contributed by atoms with Crippen LogP contribution in [0.25, 0.3) is 5.76 Å². The summed E-state index contributed by atoms with van der Waals surface area (Å²) in [6, 6.07) is 20.7. The van der Waals surface area contributed by atoms with E-state index in [4.69, 9.17) is 9.47 Å². The van der Waals surface area contributed by atoms with Crippen LogP contribution in [0.15, 0.2) is 78.4 Å². The van der Waals surface area contributed by atoms with E-state index in [9.17, 15) is 14.7 Å². The molecule has 4 rings (SSSR count). The van der Waals surface area contributed by atoms with Crippen molar-refractivity contribution in [1.29, 1.82) is 0 Å². The first-order valence-electron chi connectivity index (χ1n) is 11.3. The van der Waals surface area contributed by atoms with Gasteiger partial charge in [-0.15, -0.1) is 0 Å². The number of carbonyl (C=O) groups is 2. The fraction of sp³-hybridized carbons (Fsp3) is 0.214. The molecule has 6 nitrogen and oxygen atoms in total. The third-order valence-corrected chi connectivity index (χ3v) is 5.94. The summed E-state index contributed by atoms with van der Waals surface area (Å²) >= 11 is 0. The minimum Gasteiger partial charge on any atom is -0.507 e. The van der Waals surface area contributed by atoms with Crippen LogP contribution >= 0.6 is 0 Å². The molecule has 0 saturated carbocycles. The van der Waals surface area contributed by atoms with Crippen molar-refractivity contribution in [2.45, 2.75) is 26.3 Å². The van der Waals surface area contributed by atoms with Crippen molar-refractivity contribution in [3.8, 4) is 11.5 Å². The van der Waals surface area contributed by atoms with Gasteiger partial charge >= 0.3 is 0 Å². The number of amides is 1. The SMILES string of the molecule is CCOc1ccc(/C(O)=C2\C(=O)C(=O)N(c3ccc(CC)cc3)C2c2ccc(OC)cc2)cc1. The zero-order valence-corrected chi connectivity index (χ0v) is 19.4. The minimum absolute atomic E-state index is 0.0406. The second kappa shape index (κ2) is 9.83. The van der Waals surface area contributed by atoms with Crippen LogP contribution in [-0.2, 0) is 16.0 Å². The zero-order valence-electron chi connectivity index (χ0n) is 19.4. The average molecular weight is 458 g/mol. The van der Waals surface area contributed by atoms with E-state index in [0.29, 0.717) is 34.9 Å². The molecule has 1 aliphatic rings. The van der Waals surface area contributed by atoms with E-state index >= 15 is 0 Å². The maximum absolute atomic E-state index is 13.2. The topological polar surface area (TPSA) is 76.1 Å². The average Bonchev–Trinajstić information content (AvgIpc) is 3.14. The number of aliphatic hydroxyl groups is 1. The maximum Gasteiger partial charge on any atom is 0.300 e. The first kappa shape index (κ1) is 23.1. The van der Waals surface area contributed by atoms with E-state index < -0.39 is 17.7 Å². The lowest BCUT2D eigenvalue weighted by molar-refractivity contribution is -0.132. The number of aliphatic hydroxyl groups excluding tert-OH is 1. The van der Waals surface area contributed by atoms with Crippen LogP contribution in [0.3, 0.4) is 0 Å². The summed E-state index contributed by atoms with van der Waals surface area (Å²) in [6.07, 6.45) is 0.860. The van der Waals surface area contributed by atoms with Crippen molar-refractivity contribution in [3.05, 3.63) is 95.1 Å². The highest BCUT2D eigenvalue weighted by molar-refractivity contribution is 6.51. The Balaban J connectivity index is 1.86. The Bertz CT molecular complexity index is 1210. The highest BCUT2D eigenvalue weighted by Crippen LogP contribution is 2.42. The summed E-state index contributed by atoms with van der Waals surface area (Å²) in [5.41, 5.74) is 2.87. The largest absolute Gasteiger partial charge is 0.507 e. The molecule has 3 aromatic carbocycles. The number of methoxy groups -OCH3 is 1. The Morgan fingerprint density at radius 2 is 1.50 bits per heavy atom. The summed E-state index contributed by atoms with van der Waals surface area (Å²) < 4.78 is 10.7. The lowest BCUT2D eigenvalue weighted by atomic mass is 9.95. The predicted octanol–water partition coefficient (Wildman–Crippen LogP) is 5.28. The lowest BCUT2D eigenvalue weighted by Gasteiger charge is -2.25. The highest BCUT2D eigenvalue weighted by Gasteiger charge is 2.46. The molecule has 6 heteroatoms. The van der Waals surface area contributed by atoms with E-state index in [0.717, 1.165) is 12.0 Å². The number of aryl methyl sites for hydroxylation is 1. The molecule has 0 spiro atoms. The van der Waals surface area contributed by atoms with Crippen molar-refractivity contribution < 1.29 is 24.2 Å². The molecule has 0 bridgehead atoms. The van der Waals surface area contributed by atoms with Crippen LogP contribution in [0.1, 0.15) is 36.6 Å². The molecule has 1 atom stereocenters. The van der Waals surface area contributed by atoms with Crippen molar-refractivity contribution >= 4 is 23.1 Å². The summed E-state index contributed by atoms with van der Waals surface area (Å²) in [6.45, 7) is 4.46.